The largest absolute Gasteiger partial charge is 0.351 e. The Bertz CT molecular complexity index is 681. The summed E-state index contributed by atoms with van der Waals surface area (Å²) in [6.07, 6.45) is 1.09. The van der Waals surface area contributed by atoms with Gasteiger partial charge in [0.05, 0.1) is 21.8 Å². The smallest absolute Gasteiger partial charge is 0.287 e. The molecular weight excluding hydrogens is 356 g/mol. The van der Waals surface area contributed by atoms with Gasteiger partial charge < -0.3 is 10.3 Å². The van der Waals surface area contributed by atoms with Gasteiger partial charge in [0.1, 0.15) is 11.5 Å². The number of H-pyrrole nitrogens is 1. The van der Waals surface area contributed by atoms with Crippen molar-refractivity contribution in [3.8, 4) is 0 Å². The summed E-state index contributed by atoms with van der Waals surface area (Å²) in [6, 6.07) is 3.26. The van der Waals surface area contributed by atoms with Crippen molar-refractivity contribution < 1.29 is 14.1 Å². The summed E-state index contributed by atoms with van der Waals surface area (Å²) in [5.41, 5.74) is -0.0706. The molecule has 0 atom stereocenters. The predicted molar refractivity (Wildman–Crippen MR) is 74.5 cm³/mol. The van der Waals surface area contributed by atoms with Gasteiger partial charge in [0, 0.05) is 10.5 Å². The van der Waals surface area contributed by atoms with Crippen LogP contribution in [0.3, 0.4) is 0 Å². The van der Waals surface area contributed by atoms with Gasteiger partial charge in [0.15, 0.2) is 0 Å². The molecule has 1 aromatic heterocycles. The Morgan fingerprint density at radius 3 is 2.70 bits per heavy atom. The maximum Gasteiger partial charge on any atom is 0.287 e. The summed E-state index contributed by atoms with van der Waals surface area (Å²) in [7, 11) is 0. The molecule has 0 bridgehead atoms. The maximum absolute atomic E-state index is 13.1. The second-order valence-electron chi connectivity index (χ2n) is 3.73. The van der Waals surface area contributed by atoms with E-state index in [0.717, 1.165) is 24.4 Å². The van der Waals surface area contributed by atoms with E-state index in [1.165, 1.54) is 0 Å². The van der Waals surface area contributed by atoms with Crippen molar-refractivity contribution in [3.63, 3.8) is 0 Å². The van der Waals surface area contributed by atoms with E-state index in [0.29, 0.717) is 0 Å². The molecule has 0 aliphatic carbocycles. The minimum absolute atomic E-state index is 0.00582. The number of nitrogens with one attached hydrogen (secondary N) is 2. The fourth-order valence-electron chi connectivity index (χ4n) is 1.46. The summed E-state index contributed by atoms with van der Waals surface area (Å²) in [6.45, 7) is 0. The Morgan fingerprint density at radius 2 is 2.15 bits per heavy atom. The third kappa shape index (κ3) is 2.97. The SMILES string of the molecule is O=C(Nc1c(Cl)cc(F)cc1Br)c1cc([N+](=O)[O-])c[nH]1. The fourth-order valence-corrected chi connectivity index (χ4v) is 2.36. The lowest BCUT2D eigenvalue weighted by atomic mass is 10.3. The van der Waals surface area contributed by atoms with E-state index in [1.54, 1.807) is 0 Å². The van der Waals surface area contributed by atoms with Crippen molar-refractivity contribution in [1.29, 1.82) is 0 Å². The summed E-state index contributed by atoms with van der Waals surface area (Å²) in [5, 5.41) is 13.0. The van der Waals surface area contributed by atoms with Gasteiger partial charge in [-0.2, -0.15) is 0 Å². The maximum atomic E-state index is 13.1. The van der Waals surface area contributed by atoms with Crippen molar-refractivity contribution in [2.75, 3.05) is 5.32 Å². The molecule has 0 fully saturated rings. The van der Waals surface area contributed by atoms with Crippen LogP contribution in [0, 0.1) is 15.9 Å². The van der Waals surface area contributed by atoms with E-state index in [-0.39, 0.29) is 26.6 Å². The van der Waals surface area contributed by atoms with Crippen molar-refractivity contribution in [3.05, 3.63) is 55.5 Å². The highest BCUT2D eigenvalue weighted by Crippen LogP contribution is 2.32. The zero-order chi connectivity index (χ0) is 14.9. The van der Waals surface area contributed by atoms with Crippen molar-refractivity contribution >= 4 is 44.8 Å². The number of rotatable bonds is 3. The molecule has 1 aromatic carbocycles. The predicted octanol–water partition coefficient (Wildman–Crippen LogP) is 3.73. The van der Waals surface area contributed by atoms with E-state index < -0.39 is 16.6 Å². The van der Waals surface area contributed by atoms with Gasteiger partial charge in [-0.1, -0.05) is 11.6 Å². The monoisotopic (exact) mass is 361 g/mol. The Hall–Kier alpha value is -1.93. The summed E-state index contributed by atoms with van der Waals surface area (Å²) >= 11 is 8.89. The van der Waals surface area contributed by atoms with Crippen LogP contribution in [0.5, 0.6) is 0 Å². The van der Waals surface area contributed by atoms with Gasteiger partial charge in [-0.3, -0.25) is 14.9 Å². The molecule has 0 aliphatic rings. The third-order valence-corrected chi connectivity index (χ3v) is 3.29. The van der Waals surface area contributed by atoms with Gasteiger partial charge >= 0.3 is 0 Å². The molecule has 9 heteroatoms. The molecule has 0 radical (unpaired) electrons. The lowest BCUT2D eigenvalue weighted by Gasteiger charge is -2.08. The first kappa shape index (κ1) is 14.5. The molecule has 2 rings (SSSR count). The Kier molecular flexibility index (Phi) is 4.05. The van der Waals surface area contributed by atoms with Gasteiger partial charge in [0.2, 0.25) is 0 Å². The van der Waals surface area contributed by atoms with Crippen LogP contribution in [0.2, 0.25) is 5.02 Å². The molecule has 2 N–H and O–H groups in total. The minimum Gasteiger partial charge on any atom is -0.351 e. The van der Waals surface area contributed by atoms with Crippen LogP contribution in [0.15, 0.2) is 28.9 Å². The number of carbonyl (C=O) groups is 1. The average molecular weight is 363 g/mol. The highest BCUT2D eigenvalue weighted by atomic mass is 79.9. The first-order valence-electron chi connectivity index (χ1n) is 5.17. The number of anilines is 1. The lowest BCUT2D eigenvalue weighted by Crippen LogP contribution is -2.13. The molecular formula is C11H6BrClFN3O3. The van der Waals surface area contributed by atoms with E-state index in [2.05, 4.69) is 26.2 Å². The Labute approximate surface area is 125 Å². The topological polar surface area (TPSA) is 88.0 Å². The van der Waals surface area contributed by atoms with Gasteiger partial charge in [-0.25, -0.2) is 4.39 Å². The van der Waals surface area contributed by atoms with Crippen LogP contribution in [0.25, 0.3) is 0 Å². The van der Waals surface area contributed by atoms with Gasteiger partial charge in [-0.05, 0) is 28.1 Å². The molecule has 0 saturated carbocycles. The zero-order valence-electron chi connectivity index (χ0n) is 9.62. The van der Waals surface area contributed by atoms with Crippen LogP contribution < -0.4 is 5.32 Å². The molecule has 0 aliphatic heterocycles. The highest BCUT2D eigenvalue weighted by Gasteiger charge is 2.17. The van der Waals surface area contributed by atoms with Crippen LogP contribution in [-0.2, 0) is 0 Å². The quantitative estimate of drug-likeness (QED) is 0.644. The normalized spacial score (nSPS) is 10.3. The molecule has 0 unspecified atom stereocenters. The molecule has 20 heavy (non-hydrogen) atoms. The molecule has 1 heterocycles. The van der Waals surface area contributed by atoms with Crippen LogP contribution in [0.4, 0.5) is 15.8 Å². The van der Waals surface area contributed by atoms with Crippen LogP contribution in [0.1, 0.15) is 10.5 Å². The van der Waals surface area contributed by atoms with Crippen LogP contribution in [-0.4, -0.2) is 15.8 Å². The second kappa shape index (κ2) is 5.59. The summed E-state index contributed by atoms with van der Waals surface area (Å²) in [5.74, 6) is -1.19. The number of hydrogen-bond acceptors (Lipinski definition) is 3. The molecule has 2 aromatic rings. The molecule has 1 amide bonds. The zero-order valence-corrected chi connectivity index (χ0v) is 12.0. The van der Waals surface area contributed by atoms with Crippen molar-refractivity contribution in [1.82, 2.24) is 4.98 Å². The standard InChI is InChI=1S/C11H6BrClFN3O3/c12-7-1-5(14)2-8(13)10(7)16-11(18)9-3-6(4-15-9)17(19)20/h1-4,15H,(H,16,18). The molecule has 0 spiro atoms. The molecule has 104 valence electrons. The Balaban J connectivity index is 2.25. The highest BCUT2D eigenvalue weighted by molar-refractivity contribution is 9.10. The van der Waals surface area contributed by atoms with E-state index >= 15 is 0 Å². The molecule has 0 saturated heterocycles. The lowest BCUT2D eigenvalue weighted by molar-refractivity contribution is -0.384. The van der Waals surface area contributed by atoms with Gasteiger partial charge in [-0.15, -0.1) is 0 Å². The van der Waals surface area contributed by atoms with E-state index in [1.807, 2.05) is 0 Å². The summed E-state index contributed by atoms with van der Waals surface area (Å²) < 4.78 is 13.3. The van der Waals surface area contributed by atoms with E-state index in [9.17, 15) is 19.3 Å². The third-order valence-electron chi connectivity index (χ3n) is 2.37. The van der Waals surface area contributed by atoms with Gasteiger partial charge in [0.25, 0.3) is 11.6 Å². The number of nitrogens with zero attached hydrogens (tertiary/aromatic N) is 1. The number of aromatic amines is 1. The van der Waals surface area contributed by atoms with Crippen LogP contribution >= 0.6 is 27.5 Å². The number of carbonyl (C=O) groups excluding carboxylic acids is 1. The number of benzene rings is 1. The summed E-state index contributed by atoms with van der Waals surface area (Å²) in [4.78, 5) is 24.3. The number of aromatic nitrogens is 1. The number of amides is 1. The Morgan fingerprint density at radius 1 is 1.45 bits per heavy atom. The first-order chi connectivity index (χ1) is 9.38. The van der Waals surface area contributed by atoms with Crippen molar-refractivity contribution in [2.24, 2.45) is 0 Å². The number of halogens is 3. The fraction of sp³-hybridized carbons (Fsp3) is 0. The minimum atomic E-state index is -0.632. The number of nitro groups is 1. The average Bonchev–Trinajstić information content (AvgIpc) is 2.83. The molecule has 6 nitrogen and oxygen atoms in total. The van der Waals surface area contributed by atoms with E-state index in [4.69, 9.17) is 11.6 Å². The van der Waals surface area contributed by atoms with Crippen molar-refractivity contribution in [2.45, 2.75) is 0 Å². The second-order valence-corrected chi connectivity index (χ2v) is 4.99. The first-order valence-corrected chi connectivity index (χ1v) is 6.34. The number of hydrogen-bond donors (Lipinski definition) is 2.